The number of benzene rings is 1. The summed E-state index contributed by atoms with van der Waals surface area (Å²) < 4.78 is 12.7. The summed E-state index contributed by atoms with van der Waals surface area (Å²) in [6.07, 6.45) is 10.5. The third-order valence-electron chi connectivity index (χ3n) is 7.19. The second-order valence-corrected chi connectivity index (χ2v) is 13.9. The topological polar surface area (TPSA) is 0 Å². The molecule has 1 saturated carbocycles. The van der Waals surface area contributed by atoms with Crippen LogP contribution in [0.5, 0.6) is 0 Å². The van der Waals surface area contributed by atoms with Gasteiger partial charge in [0.05, 0.1) is 14.7 Å². The third-order valence-corrected chi connectivity index (χ3v) is 13.5. The Morgan fingerprint density at radius 1 is 0.880 bits per heavy atom. The molecular formula is C22H34BrFSi. The van der Waals surface area contributed by atoms with E-state index in [9.17, 15) is 4.39 Å². The van der Waals surface area contributed by atoms with Gasteiger partial charge in [-0.2, -0.15) is 0 Å². The fraction of sp³-hybridized carbons (Fsp3) is 0.727. The van der Waals surface area contributed by atoms with Gasteiger partial charge in [-0.05, 0) is 49.9 Å². The number of rotatable bonds is 7. The van der Waals surface area contributed by atoms with E-state index in [2.05, 4.69) is 46.3 Å². The van der Waals surface area contributed by atoms with E-state index in [1.165, 1.54) is 62.0 Å². The Kier molecular flexibility index (Phi) is 7.60. The largest absolute Gasteiger partial charge is 0.251 e. The van der Waals surface area contributed by atoms with Crippen LogP contribution in [0.2, 0.25) is 18.1 Å². The molecule has 2 fully saturated rings. The summed E-state index contributed by atoms with van der Waals surface area (Å²) in [5.41, 5.74) is 0. The molecule has 1 aliphatic heterocycles. The Morgan fingerprint density at radius 2 is 1.52 bits per heavy atom. The molecule has 1 aromatic rings. The summed E-state index contributed by atoms with van der Waals surface area (Å²) in [6.45, 7) is -0.140. The molecule has 3 heteroatoms. The number of hydrogen-bond acceptors (Lipinski definition) is 0. The van der Waals surface area contributed by atoms with Gasteiger partial charge in [-0.15, -0.1) is 0 Å². The highest BCUT2D eigenvalue weighted by molar-refractivity contribution is 9.09. The van der Waals surface area contributed by atoms with Crippen molar-refractivity contribution in [2.45, 2.75) is 69.5 Å². The zero-order valence-corrected chi connectivity index (χ0v) is 18.2. The number of unbranched alkanes of at least 4 members (excludes halogenated alkanes) is 1. The maximum absolute atomic E-state index is 12.7. The van der Waals surface area contributed by atoms with E-state index in [4.69, 9.17) is 0 Å². The van der Waals surface area contributed by atoms with E-state index in [1.54, 1.807) is 5.19 Å². The minimum atomic E-state index is -1.40. The predicted molar refractivity (Wildman–Crippen MR) is 113 cm³/mol. The van der Waals surface area contributed by atoms with Crippen molar-refractivity contribution in [2.24, 2.45) is 17.8 Å². The molecule has 1 heterocycles. The van der Waals surface area contributed by atoms with Crippen LogP contribution in [0.15, 0.2) is 30.3 Å². The Labute approximate surface area is 163 Å². The van der Waals surface area contributed by atoms with Gasteiger partial charge in [0.25, 0.3) is 0 Å². The van der Waals surface area contributed by atoms with E-state index < -0.39 is 8.07 Å². The molecular weight excluding hydrogens is 391 g/mol. The maximum atomic E-state index is 12.7. The summed E-state index contributed by atoms with van der Waals surface area (Å²) in [4.78, 5) is 0. The molecule has 0 spiro atoms. The van der Waals surface area contributed by atoms with Crippen LogP contribution in [0.3, 0.4) is 0 Å². The molecule has 25 heavy (non-hydrogen) atoms. The zero-order valence-electron chi connectivity index (χ0n) is 15.6. The normalized spacial score (nSPS) is 33.3. The van der Waals surface area contributed by atoms with E-state index in [-0.39, 0.29) is 6.67 Å². The Bertz CT molecular complexity index is 490. The highest BCUT2D eigenvalue weighted by atomic mass is 79.9. The van der Waals surface area contributed by atoms with Gasteiger partial charge in [0, 0.05) is 5.33 Å². The Balaban J connectivity index is 1.61. The lowest BCUT2D eigenvalue weighted by atomic mass is 9.74. The average molecular weight is 426 g/mol. The molecule has 0 bridgehead atoms. The lowest BCUT2D eigenvalue weighted by Gasteiger charge is -2.43. The summed E-state index contributed by atoms with van der Waals surface area (Å²) in [6, 6.07) is 15.5. The van der Waals surface area contributed by atoms with Gasteiger partial charge in [-0.1, -0.05) is 88.8 Å². The molecule has 0 amide bonds. The van der Waals surface area contributed by atoms with Gasteiger partial charge < -0.3 is 0 Å². The molecule has 140 valence electrons. The molecule has 0 atom stereocenters. The van der Waals surface area contributed by atoms with E-state index in [0.29, 0.717) is 0 Å². The second kappa shape index (κ2) is 9.69. The average Bonchev–Trinajstić information content (AvgIpc) is 2.69. The Morgan fingerprint density at radius 3 is 2.12 bits per heavy atom. The van der Waals surface area contributed by atoms with Crippen LogP contribution in [0.25, 0.3) is 0 Å². The van der Waals surface area contributed by atoms with Crippen LogP contribution in [0.4, 0.5) is 4.39 Å². The third kappa shape index (κ3) is 4.97. The first-order valence-corrected chi connectivity index (χ1v) is 14.2. The van der Waals surface area contributed by atoms with Crippen molar-refractivity contribution in [1.29, 1.82) is 0 Å². The van der Waals surface area contributed by atoms with Crippen molar-refractivity contribution in [3.63, 3.8) is 0 Å². The zero-order chi connectivity index (χ0) is 17.5. The molecule has 1 aliphatic carbocycles. The van der Waals surface area contributed by atoms with Gasteiger partial charge in [0.2, 0.25) is 0 Å². The van der Waals surface area contributed by atoms with Crippen molar-refractivity contribution >= 4 is 29.2 Å². The van der Waals surface area contributed by atoms with Crippen molar-refractivity contribution in [1.82, 2.24) is 0 Å². The first-order valence-electron chi connectivity index (χ1n) is 10.4. The van der Waals surface area contributed by atoms with Crippen LogP contribution in [0.1, 0.15) is 51.4 Å². The first-order chi connectivity index (χ1) is 12.3. The minimum Gasteiger partial charge on any atom is -0.251 e. The lowest BCUT2D eigenvalue weighted by Crippen LogP contribution is -2.50. The van der Waals surface area contributed by atoms with Crippen molar-refractivity contribution in [3.8, 4) is 0 Å². The van der Waals surface area contributed by atoms with Crippen LogP contribution in [-0.2, 0) is 0 Å². The molecule has 3 rings (SSSR count). The van der Waals surface area contributed by atoms with E-state index in [1.807, 2.05) is 0 Å². The lowest BCUT2D eigenvalue weighted by molar-refractivity contribution is 0.200. The number of hydrogen-bond donors (Lipinski definition) is 0. The van der Waals surface area contributed by atoms with Crippen molar-refractivity contribution < 1.29 is 4.39 Å². The standard InChI is InChI=1S/C22H34BrFSi/c23-18-19-8-10-20(11-9-19)21-12-16-25(17-13-21,15-5-4-14-24)22-6-2-1-3-7-22/h1-3,6-7,19-21H,4-5,8-18H2. The molecule has 2 aliphatic rings. The van der Waals surface area contributed by atoms with Crippen molar-refractivity contribution in [2.75, 3.05) is 12.0 Å². The first kappa shape index (κ1) is 19.6. The smallest absolute Gasteiger partial charge is 0.0894 e. The molecule has 0 radical (unpaired) electrons. The van der Waals surface area contributed by atoms with Gasteiger partial charge in [-0.25, -0.2) is 0 Å². The monoisotopic (exact) mass is 424 g/mol. The summed E-state index contributed by atoms with van der Waals surface area (Å²) in [5.74, 6) is 2.89. The Hall–Kier alpha value is -0.153. The van der Waals surface area contributed by atoms with Crippen molar-refractivity contribution in [3.05, 3.63) is 30.3 Å². The number of halogens is 2. The van der Waals surface area contributed by atoms with Gasteiger partial charge >= 0.3 is 0 Å². The molecule has 0 aromatic heterocycles. The molecule has 1 aromatic carbocycles. The van der Waals surface area contributed by atoms with Gasteiger partial charge in [-0.3, -0.25) is 4.39 Å². The molecule has 0 N–H and O–H groups in total. The molecule has 0 unspecified atom stereocenters. The summed E-state index contributed by atoms with van der Waals surface area (Å²) in [7, 11) is -1.40. The highest BCUT2D eigenvalue weighted by Gasteiger charge is 2.40. The molecule has 1 saturated heterocycles. The maximum Gasteiger partial charge on any atom is 0.0894 e. The minimum absolute atomic E-state index is 0.140. The van der Waals surface area contributed by atoms with E-state index >= 15 is 0 Å². The quantitative estimate of drug-likeness (QED) is 0.259. The predicted octanol–water partition coefficient (Wildman–Crippen LogP) is 6.70. The number of alkyl halides is 2. The fourth-order valence-corrected chi connectivity index (χ4v) is 11.4. The summed E-state index contributed by atoms with van der Waals surface area (Å²) >= 11 is 3.68. The van der Waals surface area contributed by atoms with Crippen LogP contribution >= 0.6 is 15.9 Å². The van der Waals surface area contributed by atoms with Crippen LogP contribution < -0.4 is 5.19 Å². The van der Waals surface area contributed by atoms with Gasteiger partial charge in [0.1, 0.15) is 0 Å². The highest BCUT2D eigenvalue weighted by Crippen LogP contribution is 2.44. The second-order valence-electron chi connectivity index (χ2n) is 8.56. The SMILES string of the molecule is FCCCC[Si]1(c2ccccc2)CCC(C2CCC(CBr)CC2)CC1. The van der Waals surface area contributed by atoms with Gasteiger partial charge in [0.15, 0.2) is 0 Å². The van der Waals surface area contributed by atoms with Crippen LogP contribution in [-0.4, -0.2) is 20.1 Å². The van der Waals surface area contributed by atoms with Crippen LogP contribution in [0, 0.1) is 17.8 Å². The fourth-order valence-electron chi connectivity index (χ4n) is 5.51. The summed E-state index contributed by atoms with van der Waals surface area (Å²) in [5, 5.41) is 2.85. The van der Waals surface area contributed by atoms with E-state index in [0.717, 1.165) is 30.6 Å². The molecule has 0 nitrogen and oxygen atoms in total.